The van der Waals surface area contributed by atoms with E-state index in [1.807, 2.05) is 24.3 Å². The first-order valence-corrected chi connectivity index (χ1v) is 11.7. The zero-order chi connectivity index (χ0) is 22.3. The average molecular weight is 429 g/mol. The highest BCUT2D eigenvalue weighted by molar-refractivity contribution is 5.92. The average Bonchev–Trinajstić information content (AvgIpc) is 2.84. The molecular formula is C27H32N4O. The van der Waals surface area contributed by atoms with Crippen LogP contribution in [0.1, 0.15) is 43.7 Å². The number of amides is 1. The van der Waals surface area contributed by atoms with Gasteiger partial charge >= 0.3 is 0 Å². The smallest absolute Gasteiger partial charge is 0.227 e. The normalized spacial score (nSPS) is 14.4. The molecule has 1 amide bonds. The molecule has 0 spiro atoms. The fourth-order valence-corrected chi connectivity index (χ4v) is 4.12. The number of nitrogens with one attached hydrogen (secondary N) is 1. The fourth-order valence-electron chi connectivity index (χ4n) is 4.12. The molecule has 1 fully saturated rings. The van der Waals surface area contributed by atoms with Gasteiger partial charge in [0, 0.05) is 30.3 Å². The summed E-state index contributed by atoms with van der Waals surface area (Å²) in [7, 11) is 0. The number of carbonyl (C=O) groups excluding carboxylic acids is 1. The molecular weight excluding hydrogens is 396 g/mol. The topological polar surface area (TPSA) is 58.1 Å². The van der Waals surface area contributed by atoms with E-state index in [-0.39, 0.29) is 11.8 Å². The summed E-state index contributed by atoms with van der Waals surface area (Å²) < 4.78 is 0. The number of hydrogen-bond donors (Lipinski definition) is 1. The molecule has 3 aromatic rings. The standard InChI is InChI=1S/C27H32N4O/c1-3-4-5-21-8-12-24(13-9-21)28-27(32)23-16-18-31(19-17-23)26-15-14-25(29-30-26)22-10-6-20(2)7-11-22/h6-15,23H,3-5,16-19H2,1-2H3,(H,28,32). The molecule has 2 heterocycles. The van der Waals surface area contributed by atoms with E-state index in [1.54, 1.807) is 0 Å². The zero-order valence-electron chi connectivity index (χ0n) is 19.1. The summed E-state index contributed by atoms with van der Waals surface area (Å²) in [5.74, 6) is 1.03. The Bertz CT molecular complexity index is 1010. The highest BCUT2D eigenvalue weighted by atomic mass is 16.1. The highest BCUT2D eigenvalue weighted by Crippen LogP contribution is 2.25. The lowest BCUT2D eigenvalue weighted by Crippen LogP contribution is -2.38. The predicted octanol–water partition coefficient (Wildman–Crippen LogP) is 5.65. The maximum Gasteiger partial charge on any atom is 0.227 e. The Morgan fingerprint density at radius 2 is 1.69 bits per heavy atom. The number of rotatable bonds is 7. The molecule has 5 heteroatoms. The molecule has 4 rings (SSSR count). The third-order valence-corrected chi connectivity index (χ3v) is 6.23. The molecule has 32 heavy (non-hydrogen) atoms. The van der Waals surface area contributed by atoms with Crippen molar-refractivity contribution in [1.29, 1.82) is 0 Å². The van der Waals surface area contributed by atoms with E-state index in [2.05, 4.69) is 70.7 Å². The minimum atomic E-state index is 0.0332. The lowest BCUT2D eigenvalue weighted by molar-refractivity contribution is -0.120. The van der Waals surface area contributed by atoms with Gasteiger partial charge in [-0.1, -0.05) is 55.3 Å². The molecule has 0 unspecified atom stereocenters. The first-order valence-electron chi connectivity index (χ1n) is 11.7. The third kappa shape index (κ3) is 5.52. The molecule has 2 aromatic carbocycles. The Morgan fingerprint density at radius 1 is 0.969 bits per heavy atom. The SMILES string of the molecule is CCCCc1ccc(NC(=O)C2CCN(c3ccc(-c4ccc(C)cc4)nn3)CC2)cc1. The van der Waals surface area contributed by atoms with Crippen molar-refractivity contribution in [3.05, 3.63) is 71.8 Å². The van der Waals surface area contributed by atoms with Crippen molar-refractivity contribution in [3.8, 4) is 11.3 Å². The monoisotopic (exact) mass is 428 g/mol. The van der Waals surface area contributed by atoms with Gasteiger partial charge in [0.05, 0.1) is 5.69 Å². The maximum absolute atomic E-state index is 12.7. The summed E-state index contributed by atoms with van der Waals surface area (Å²) in [5.41, 5.74) is 5.39. The second-order valence-corrected chi connectivity index (χ2v) is 8.69. The second kappa shape index (κ2) is 10.4. The van der Waals surface area contributed by atoms with Crippen molar-refractivity contribution >= 4 is 17.4 Å². The lowest BCUT2D eigenvalue weighted by Gasteiger charge is -2.31. The van der Waals surface area contributed by atoms with Gasteiger partial charge in [-0.15, -0.1) is 10.2 Å². The molecule has 1 saturated heterocycles. The van der Waals surface area contributed by atoms with Crippen LogP contribution in [0.5, 0.6) is 0 Å². The Hall–Kier alpha value is -3.21. The van der Waals surface area contributed by atoms with Gasteiger partial charge in [-0.25, -0.2) is 0 Å². The summed E-state index contributed by atoms with van der Waals surface area (Å²) in [5, 5.41) is 12.0. The Balaban J connectivity index is 1.29. The van der Waals surface area contributed by atoms with Crippen molar-refractivity contribution in [2.24, 2.45) is 5.92 Å². The maximum atomic E-state index is 12.7. The summed E-state index contributed by atoms with van der Waals surface area (Å²) in [6, 6.07) is 20.6. The van der Waals surface area contributed by atoms with Crippen molar-refractivity contribution in [3.63, 3.8) is 0 Å². The van der Waals surface area contributed by atoms with E-state index >= 15 is 0 Å². The molecule has 1 aliphatic rings. The van der Waals surface area contributed by atoms with Crippen LogP contribution in [0.4, 0.5) is 11.5 Å². The molecule has 166 valence electrons. The van der Waals surface area contributed by atoms with Crippen molar-refractivity contribution in [2.75, 3.05) is 23.3 Å². The molecule has 1 aliphatic heterocycles. The van der Waals surface area contributed by atoms with Crippen LogP contribution in [0.2, 0.25) is 0 Å². The first-order chi connectivity index (χ1) is 15.6. The minimum Gasteiger partial charge on any atom is -0.355 e. The summed E-state index contributed by atoms with van der Waals surface area (Å²) in [6.45, 7) is 5.90. The molecule has 0 radical (unpaired) electrons. The van der Waals surface area contributed by atoms with Gasteiger partial charge < -0.3 is 10.2 Å². The van der Waals surface area contributed by atoms with Crippen LogP contribution < -0.4 is 10.2 Å². The van der Waals surface area contributed by atoms with Crippen LogP contribution in [0.25, 0.3) is 11.3 Å². The van der Waals surface area contributed by atoms with Crippen molar-refractivity contribution in [1.82, 2.24) is 10.2 Å². The molecule has 1 N–H and O–H groups in total. The number of carbonyl (C=O) groups is 1. The minimum absolute atomic E-state index is 0.0332. The van der Waals surface area contributed by atoms with Crippen LogP contribution >= 0.6 is 0 Å². The van der Waals surface area contributed by atoms with Crippen molar-refractivity contribution < 1.29 is 4.79 Å². The number of piperidine rings is 1. The third-order valence-electron chi connectivity index (χ3n) is 6.23. The van der Waals surface area contributed by atoms with E-state index in [1.165, 1.54) is 24.0 Å². The highest BCUT2D eigenvalue weighted by Gasteiger charge is 2.26. The van der Waals surface area contributed by atoms with E-state index in [4.69, 9.17) is 0 Å². The largest absolute Gasteiger partial charge is 0.355 e. The van der Waals surface area contributed by atoms with E-state index in [0.717, 1.165) is 55.1 Å². The van der Waals surface area contributed by atoms with Gasteiger partial charge in [0.2, 0.25) is 5.91 Å². The van der Waals surface area contributed by atoms with Gasteiger partial charge in [-0.2, -0.15) is 0 Å². The van der Waals surface area contributed by atoms with Gasteiger partial charge in [0.25, 0.3) is 0 Å². The molecule has 0 atom stereocenters. The fraction of sp³-hybridized carbons (Fsp3) is 0.370. The molecule has 0 bridgehead atoms. The van der Waals surface area contributed by atoms with Gasteiger partial charge in [-0.05, 0) is 62.4 Å². The van der Waals surface area contributed by atoms with Crippen LogP contribution in [-0.2, 0) is 11.2 Å². The summed E-state index contributed by atoms with van der Waals surface area (Å²) in [6.07, 6.45) is 5.13. The zero-order valence-corrected chi connectivity index (χ0v) is 19.1. The molecule has 0 saturated carbocycles. The number of hydrogen-bond acceptors (Lipinski definition) is 4. The number of unbranched alkanes of at least 4 members (excludes halogenated alkanes) is 1. The molecule has 1 aromatic heterocycles. The van der Waals surface area contributed by atoms with Crippen LogP contribution in [-0.4, -0.2) is 29.2 Å². The molecule has 0 aliphatic carbocycles. The van der Waals surface area contributed by atoms with E-state index in [0.29, 0.717) is 0 Å². The number of benzene rings is 2. The number of anilines is 2. The van der Waals surface area contributed by atoms with Crippen molar-refractivity contribution in [2.45, 2.75) is 46.0 Å². The van der Waals surface area contributed by atoms with Gasteiger partial charge in [-0.3, -0.25) is 4.79 Å². The van der Waals surface area contributed by atoms with Crippen LogP contribution in [0, 0.1) is 12.8 Å². The first kappa shape index (κ1) is 22.0. The summed E-state index contributed by atoms with van der Waals surface area (Å²) >= 11 is 0. The number of nitrogens with zero attached hydrogens (tertiary/aromatic N) is 3. The second-order valence-electron chi connectivity index (χ2n) is 8.69. The van der Waals surface area contributed by atoms with E-state index < -0.39 is 0 Å². The quantitative estimate of drug-likeness (QED) is 0.528. The lowest BCUT2D eigenvalue weighted by atomic mass is 9.95. The Kier molecular flexibility index (Phi) is 7.15. The Labute approximate surface area is 190 Å². The Morgan fingerprint density at radius 3 is 2.31 bits per heavy atom. The predicted molar refractivity (Wildman–Crippen MR) is 131 cm³/mol. The molecule has 5 nitrogen and oxygen atoms in total. The summed E-state index contributed by atoms with van der Waals surface area (Å²) in [4.78, 5) is 15.0. The van der Waals surface area contributed by atoms with Gasteiger partial charge in [0.1, 0.15) is 0 Å². The van der Waals surface area contributed by atoms with Crippen LogP contribution in [0.3, 0.4) is 0 Å². The van der Waals surface area contributed by atoms with E-state index in [9.17, 15) is 4.79 Å². The van der Waals surface area contributed by atoms with Crippen LogP contribution in [0.15, 0.2) is 60.7 Å². The van der Waals surface area contributed by atoms with Gasteiger partial charge in [0.15, 0.2) is 5.82 Å². The number of aryl methyl sites for hydroxylation is 2. The number of aromatic nitrogens is 2.